The van der Waals surface area contributed by atoms with Crippen LogP contribution in [0.2, 0.25) is 5.15 Å². The van der Waals surface area contributed by atoms with Gasteiger partial charge in [-0.2, -0.15) is 5.26 Å². The van der Waals surface area contributed by atoms with E-state index in [9.17, 15) is 9.90 Å². The molecule has 0 spiro atoms. The van der Waals surface area contributed by atoms with Gasteiger partial charge in [-0.05, 0) is 47.5 Å². The first kappa shape index (κ1) is 18.9. The Morgan fingerprint density at radius 3 is 2.48 bits per heavy atom. The van der Waals surface area contributed by atoms with Crippen molar-refractivity contribution in [1.29, 1.82) is 5.26 Å². The van der Waals surface area contributed by atoms with Gasteiger partial charge >= 0.3 is 0 Å². The Bertz CT molecular complexity index is 1320. The first-order valence-corrected chi connectivity index (χ1v) is 9.30. The quantitative estimate of drug-likeness (QED) is 0.521. The monoisotopic (exact) mass is 401 g/mol. The van der Waals surface area contributed by atoms with Crippen LogP contribution in [0.5, 0.6) is 0 Å². The van der Waals surface area contributed by atoms with Gasteiger partial charge in [-0.1, -0.05) is 35.9 Å². The number of hydrogen-bond acceptors (Lipinski definition) is 4. The summed E-state index contributed by atoms with van der Waals surface area (Å²) in [6.07, 6.45) is -0.871. The molecule has 2 aromatic carbocycles. The van der Waals surface area contributed by atoms with Crippen molar-refractivity contribution in [2.24, 2.45) is 7.05 Å². The lowest BCUT2D eigenvalue weighted by Gasteiger charge is -2.15. The van der Waals surface area contributed by atoms with E-state index < -0.39 is 6.10 Å². The maximum Gasteiger partial charge on any atom is 0.251 e. The summed E-state index contributed by atoms with van der Waals surface area (Å²) >= 11 is 6.05. The lowest BCUT2D eigenvalue weighted by atomic mass is 9.96. The lowest BCUT2D eigenvalue weighted by molar-refractivity contribution is 0.220. The minimum Gasteiger partial charge on any atom is -0.384 e. The molecule has 142 valence electrons. The molecule has 0 radical (unpaired) electrons. The van der Waals surface area contributed by atoms with E-state index in [0.717, 1.165) is 10.9 Å². The van der Waals surface area contributed by atoms with Crippen LogP contribution in [0.15, 0.2) is 71.5 Å². The first-order valence-electron chi connectivity index (χ1n) is 8.92. The zero-order valence-electron chi connectivity index (χ0n) is 15.5. The fourth-order valence-electron chi connectivity index (χ4n) is 3.35. The summed E-state index contributed by atoms with van der Waals surface area (Å²) in [5.74, 6) is 0. The number of rotatable bonds is 3. The average Bonchev–Trinajstić information content (AvgIpc) is 2.75. The van der Waals surface area contributed by atoms with Gasteiger partial charge in [-0.25, -0.2) is 4.98 Å². The van der Waals surface area contributed by atoms with Crippen molar-refractivity contribution >= 4 is 22.5 Å². The molecule has 0 saturated carbocycles. The number of aliphatic hydroxyl groups is 1. The number of hydrogen-bond donors (Lipinski definition) is 1. The van der Waals surface area contributed by atoms with Crippen molar-refractivity contribution in [3.63, 3.8) is 0 Å². The highest BCUT2D eigenvalue weighted by Gasteiger charge is 2.15. The first-order chi connectivity index (χ1) is 14.0. The van der Waals surface area contributed by atoms with Crippen molar-refractivity contribution in [3.05, 3.63) is 98.9 Å². The lowest BCUT2D eigenvalue weighted by Crippen LogP contribution is -2.16. The molecule has 0 aliphatic rings. The molecule has 1 N–H and O–H groups in total. The Balaban J connectivity index is 1.90. The second kappa shape index (κ2) is 7.51. The summed E-state index contributed by atoms with van der Waals surface area (Å²) in [6.45, 7) is 0. The molecule has 4 aromatic rings. The van der Waals surface area contributed by atoms with E-state index in [0.29, 0.717) is 33.1 Å². The summed E-state index contributed by atoms with van der Waals surface area (Å²) in [6, 6.07) is 21.1. The van der Waals surface area contributed by atoms with E-state index in [1.54, 1.807) is 60.1 Å². The van der Waals surface area contributed by atoms with Crippen LogP contribution in [-0.2, 0) is 7.05 Å². The Labute approximate surface area is 172 Å². The predicted octanol–water partition coefficient (Wildman–Crippen LogP) is 4.21. The molecule has 1 atom stereocenters. The second-order valence-electron chi connectivity index (χ2n) is 6.71. The molecular weight excluding hydrogens is 386 g/mol. The zero-order valence-corrected chi connectivity index (χ0v) is 16.3. The largest absolute Gasteiger partial charge is 0.384 e. The average molecular weight is 402 g/mol. The van der Waals surface area contributed by atoms with Crippen molar-refractivity contribution in [1.82, 2.24) is 9.55 Å². The molecule has 5 nitrogen and oxygen atoms in total. The molecule has 0 bridgehead atoms. The Morgan fingerprint density at radius 2 is 1.79 bits per heavy atom. The van der Waals surface area contributed by atoms with Gasteiger partial charge in [0.05, 0.1) is 22.8 Å². The van der Waals surface area contributed by atoms with Crippen molar-refractivity contribution < 1.29 is 5.11 Å². The Kier molecular flexibility index (Phi) is 4.89. The van der Waals surface area contributed by atoms with E-state index in [4.69, 9.17) is 16.9 Å². The van der Waals surface area contributed by atoms with Crippen LogP contribution >= 0.6 is 11.6 Å². The zero-order chi connectivity index (χ0) is 20.5. The molecule has 1 unspecified atom stereocenters. The van der Waals surface area contributed by atoms with E-state index in [-0.39, 0.29) is 5.56 Å². The van der Waals surface area contributed by atoms with Gasteiger partial charge < -0.3 is 9.67 Å². The molecular formula is C23H16ClN3O2. The minimum atomic E-state index is -0.871. The van der Waals surface area contributed by atoms with Crippen LogP contribution in [0.4, 0.5) is 0 Å². The third kappa shape index (κ3) is 3.52. The van der Waals surface area contributed by atoms with Gasteiger partial charge in [0.15, 0.2) is 0 Å². The minimum absolute atomic E-state index is 0.158. The second-order valence-corrected chi connectivity index (χ2v) is 7.10. The van der Waals surface area contributed by atoms with Gasteiger partial charge in [0.1, 0.15) is 11.3 Å². The van der Waals surface area contributed by atoms with Crippen LogP contribution in [0.3, 0.4) is 0 Å². The highest BCUT2D eigenvalue weighted by molar-refractivity contribution is 6.29. The number of pyridine rings is 2. The molecule has 2 heterocycles. The maximum atomic E-state index is 12.4. The van der Waals surface area contributed by atoms with E-state index in [1.807, 2.05) is 12.1 Å². The number of halogens is 1. The smallest absolute Gasteiger partial charge is 0.251 e. The standard InChI is InChI=1S/C23H16ClN3O2/c1-27-20-10-9-16(23(29)15-7-5-14(13-25)6-8-15)11-18(20)17(12-22(27)28)19-3-2-4-21(24)26-19/h2-12,23,29H,1H3. The van der Waals surface area contributed by atoms with Crippen LogP contribution in [0.25, 0.3) is 22.2 Å². The highest BCUT2D eigenvalue weighted by Crippen LogP contribution is 2.31. The molecule has 0 fully saturated rings. The van der Waals surface area contributed by atoms with E-state index >= 15 is 0 Å². The Hall–Kier alpha value is -3.46. The molecule has 0 saturated heterocycles. The topological polar surface area (TPSA) is 78.9 Å². The highest BCUT2D eigenvalue weighted by atomic mass is 35.5. The Morgan fingerprint density at radius 1 is 1.07 bits per heavy atom. The summed E-state index contributed by atoms with van der Waals surface area (Å²) in [5, 5.41) is 20.9. The van der Waals surface area contributed by atoms with Crippen molar-refractivity contribution in [3.8, 4) is 17.3 Å². The normalized spacial score (nSPS) is 11.9. The fourth-order valence-corrected chi connectivity index (χ4v) is 3.52. The van der Waals surface area contributed by atoms with Crippen LogP contribution < -0.4 is 5.56 Å². The number of nitriles is 1. The number of benzene rings is 2. The molecule has 0 amide bonds. The number of nitrogens with zero attached hydrogens (tertiary/aromatic N) is 3. The van der Waals surface area contributed by atoms with Crippen molar-refractivity contribution in [2.45, 2.75) is 6.10 Å². The molecule has 6 heteroatoms. The van der Waals surface area contributed by atoms with Crippen LogP contribution in [0.1, 0.15) is 22.8 Å². The van der Waals surface area contributed by atoms with Gasteiger partial charge in [0.2, 0.25) is 0 Å². The summed E-state index contributed by atoms with van der Waals surface area (Å²) in [5.41, 5.74) is 3.69. The van der Waals surface area contributed by atoms with Gasteiger partial charge in [0.25, 0.3) is 5.56 Å². The number of aryl methyl sites for hydroxylation is 1. The molecule has 29 heavy (non-hydrogen) atoms. The number of fused-ring (bicyclic) bond motifs is 1. The summed E-state index contributed by atoms with van der Waals surface area (Å²) in [4.78, 5) is 16.8. The third-order valence-electron chi connectivity index (χ3n) is 4.93. The molecule has 2 aromatic heterocycles. The SMILES string of the molecule is Cn1c(=O)cc(-c2cccc(Cl)n2)c2cc(C(O)c3ccc(C#N)cc3)ccc21. The van der Waals surface area contributed by atoms with Crippen LogP contribution in [-0.4, -0.2) is 14.7 Å². The van der Waals surface area contributed by atoms with Crippen LogP contribution in [0, 0.1) is 11.3 Å². The maximum absolute atomic E-state index is 12.4. The summed E-state index contributed by atoms with van der Waals surface area (Å²) in [7, 11) is 1.70. The van der Waals surface area contributed by atoms with Gasteiger partial charge in [-0.3, -0.25) is 4.79 Å². The molecule has 0 aliphatic carbocycles. The summed E-state index contributed by atoms with van der Waals surface area (Å²) < 4.78 is 1.56. The number of aliphatic hydroxyl groups excluding tert-OH is 1. The van der Waals surface area contributed by atoms with E-state index in [1.165, 1.54) is 6.07 Å². The van der Waals surface area contributed by atoms with Gasteiger partial charge in [0, 0.05) is 24.1 Å². The van der Waals surface area contributed by atoms with Gasteiger partial charge in [-0.15, -0.1) is 0 Å². The molecule has 0 aliphatic heterocycles. The van der Waals surface area contributed by atoms with Crippen molar-refractivity contribution in [2.75, 3.05) is 0 Å². The van der Waals surface area contributed by atoms with E-state index in [2.05, 4.69) is 11.1 Å². The predicted molar refractivity (Wildman–Crippen MR) is 113 cm³/mol. The number of aromatic nitrogens is 2. The third-order valence-corrected chi connectivity index (χ3v) is 5.14. The molecule has 4 rings (SSSR count). The fraction of sp³-hybridized carbons (Fsp3) is 0.0870.